The molecule has 1 aromatic carbocycles. The van der Waals surface area contributed by atoms with Crippen molar-refractivity contribution in [1.29, 1.82) is 0 Å². The largest absolute Gasteiger partial charge is 0.457 e. The first-order chi connectivity index (χ1) is 8.53. The van der Waals surface area contributed by atoms with Gasteiger partial charge in [0.2, 0.25) is 0 Å². The van der Waals surface area contributed by atoms with E-state index in [1.54, 1.807) is 0 Å². The van der Waals surface area contributed by atoms with Crippen LogP contribution in [0, 0.1) is 0 Å². The highest BCUT2D eigenvalue weighted by Gasteiger charge is 2.19. The summed E-state index contributed by atoms with van der Waals surface area (Å²) in [6.07, 6.45) is 4.06. The Labute approximate surface area is 109 Å². The molecular formula is C15H22NO2+. The summed E-state index contributed by atoms with van der Waals surface area (Å²) in [6, 6.07) is 9.73. The minimum Gasteiger partial charge on any atom is -0.457 e. The summed E-state index contributed by atoms with van der Waals surface area (Å²) in [5.41, 5.74) is 1.02. The minimum atomic E-state index is -0.159. The molecular weight excluding hydrogens is 226 g/mol. The number of hydrogen-bond donors (Lipinski definition) is 0. The first-order valence-electron chi connectivity index (χ1n) is 6.16. The summed E-state index contributed by atoms with van der Waals surface area (Å²) in [6.45, 7) is 3.55. The molecule has 0 aromatic heterocycles. The smallest absolute Gasteiger partial charge is 0.362 e. The van der Waals surface area contributed by atoms with Gasteiger partial charge >= 0.3 is 5.97 Å². The molecule has 3 heteroatoms. The standard InChI is InChI=1S/C15H22NO2/c1-4-5-11-16(2,3)12-15(17)18-13-14-9-7-6-8-10-14/h4-10H,11-13H2,1-3H3/q+1. The van der Waals surface area contributed by atoms with E-state index >= 15 is 0 Å². The van der Waals surface area contributed by atoms with Crippen LogP contribution in [-0.4, -0.2) is 37.6 Å². The maximum Gasteiger partial charge on any atom is 0.362 e. The van der Waals surface area contributed by atoms with Crippen molar-refractivity contribution in [3.8, 4) is 0 Å². The molecule has 0 unspecified atom stereocenters. The van der Waals surface area contributed by atoms with Crippen LogP contribution in [0.5, 0.6) is 0 Å². The summed E-state index contributed by atoms with van der Waals surface area (Å²) in [5, 5.41) is 0. The quantitative estimate of drug-likeness (QED) is 0.439. The van der Waals surface area contributed by atoms with Gasteiger partial charge in [0.05, 0.1) is 20.6 Å². The lowest BCUT2D eigenvalue weighted by atomic mass is 10.2. The van der Waals surface area contributed by atoms with E-state index in [1.807, 2.05) is 57.4 Å². The van der Waals surface area contributed by atoms with E-state index in [1.165, 1.54) is 0 Å². The summed E-state index contributed by atoms with van der Waals surface area (Å²) in [7, 11) is 4.04. The summed E-state index contributed by atoms with van der Waals surface area (Å²) >= 11 is 0. The minimum absolute atomic E-state index is 0.159. The molecule has 0 fully saturated rings. The predicted molar refractivity (Wildman–Crippen MR) is 72.9 cm³/mol. The van der Waals surface area contributed by atoms with Crippen LogP contribution in [0.4, 0.5) is 0 Å². The van der Waals surface area contributed by atoms with Gasteiger partial charge in [-0.3, -0.25) is 0 Å². The third kappa shape index (κ3) is 5.64. The molecule has 0 atom stereocenters. The number of likely N-dealkylation sites (N-methyl/N-ethyl adjacent to an activating group) is 1. The molecule has 0 bridgehead atoms. The number of benzene rings is 1. The fraction of sp³-hybridized carbons (Fsp3) is 0.400. The van der Waals surface area contributed by atoms with Gasteiger partial charge in [0.25, 0.3) is 0 Å². The molecule has 98 valence electrons. The molecule has 0 saturated heterocycles. The van der Waals surface area contributed by atoms with Gasteiger partial charge in [-0.25, -0.2) is 4.79 Å². The number of carbonyl (C=O) groups is 1. The normalized spacial score (nSPS) is 11.7. The van der Waals surface area contributed by atoms with Gasteiger partial charge in [-0.05, 0) is 18.6 Å². The number of carbonyl (C=O) groups excluding carboxylic acids is 1. The molecule has 0 aliphatic heterocycles. The zero-order chi connectivity index (χ0) is 13.4. The van der Waals surface area contributed by atoms with Gasteiger partial charge in [-0.2, -0.15) is 0 Å². The SMILES string of the molecule is CC=CC[N+](C)(C)CC(=O)OCc1ccccc1. The lowest BCUT2D eigenvalue weighted by Gasteiger charge is -2.27. The second kappa shape index (κ2) is 6.97. The van der Waals surface area contributed by atoms with Gasteiger partial charge in [0.1, 0.15) is 6.61 Å². The highest BCUT2D eigenvalue weighted by molar-refractivity contribution is 5.70. The van der Waals surface area contributed by atoms with E-state index in [0.29, 0.717) is 17.6 Å². The molecule has 0 amide bonds. The summed E-state index contributed by atoms with van der Waals surface area (Å²) in [4.78, 5) is 11.7. The van der Waals surface area contributed by atoms with Gasteiger partial charge in [-0.15, -0.1) is 0 Å². The van der Waals surface area contributed by atoms with Crippen LogP contribution in [-0.2, 0) is 16.1 Å². The zero-order valence-electron chi connectivity index (χ0n) is 11.4. The van der Waals surface area contributed by atoms with Crippen molar-refractivity contribution in [2.45, 2.75) is 13.5 Å². The van der Waals surface area contributed by atoms with Crippen molar-refractivity contribution in [3.05, 3.63) is 48.0 Å². The zero-order valence-corrected chi connectivity index (χ0v) is 11.4. The number of nitrogens with zero attached hydrogens (tertiary/aromatic N) is 1. The highest BCUT2D eigenvalue weighted by Crippen LogP contribution is 2.03. The molecule has 0 heterocycles. The van der Waals surface area contributed by atoms with Crippen LogP contribution >= 0.6 is 0 Å². The van der Waals surface area contributed by atoms with Crippen LogP contribution in [0.1, 0.15) is 12.5 Å². The van der Waals surface area contributed by atoms with Crippen LogP contribution in [0.25, 0.3) is 0 Å². The van der Waals surface area contributed by atoms with Crippen molar-refractivity contribution in [2.24, 2.45) is 0 Å². The first-order valence-corrected chi connectivity index (χ1v) is 6.16. The number of esters is 1. The molecule has 0 spiro atoms. The fourth-order valence-electron chi connectivity index (χ4n) is 1.59. The fourth-order valence-corrected chi connectivity index (χ4v) is 1.59. The van der Waals surface area contributed by atoms with E-state index in [9.17, 15) is 4.79 Å². The number of rotatable bonds is 6. The van der Waals surface area contributed by atoms with E-state index in [4.69, 9.17) is 4.74 Å². The Morgan fingerprint density at radius 2 is 1.94 bits per heavy atom. The van der Waals surface area contributed by atoms with Crippen molar-refractivity contribution in [1.82, 2.24) is 0 Å². The van der Waals surface area contributed by atoms with E-state index < -0.39 is 0 Å². The van der Waals surface area contributed by atoms with E-state index in [0.717, 1.165) is 12.1 Å². The Morgan fingerprint density at radius 3 is 2.56 bits per heavy atom. The Balaban J connectivity index is 2.38. The maximum absolute atomic E-state index is 11.7. The monoisotopic (exact) mass is 248 g/mol. The van der Waals surface area contributed by atoms with E-state index in [-0.39, 0.29) is 5.97 Å². The molecule has 1 rings (SSSR count). The Morgan fingerprint density at radius 1 is 1.28 bits per heavy atom. The average molecular weight is 248 g/mol. The van der Waals surface area contributed by atoms with Crippen molar-refractivity contribution >= 4 is 5.97 Å². The molecule has 18 heavy (non-hydrogen) atoms. The lowest BCUT2D eigenvalue weighted by molar-refractivity contribution is -0.877. The summed E-state index contributed by atoms with van der Waals surface area (Å²) < 4.78 is 5.87. The maximum atomic E-state index is 11.7. The predicted octanol–water partition coefficient (Wildman–Crippen LogP) is 2.38. The molecule has 0 aliphatic carbocycles. The van der Waals surface area contributed by atoms with Crippen molar-refractivity contribution < 1.29 is 14.0 Å². The van der Waals surface area contributed by atoms with Crippen LogP contribution in [0.3, 0.4) is 0 Å². The second-order valence-electron chi connectivity index (χ2n) is 4.99. The molecule has 0 saturated carbocycles. The Kier molecular flexibility index (Phi) is 5.59. The molecule has 0 N–H and O–H groups in total. The molecule has 0 aliphatic rings. The van der Waals surface area contributed by atoms with Gasteiger partial charge < -0.3 is 9.22 Å². The van der Waals surface area contributed by atoms with Crippen molar-refractivity contribution in [3.63, 3.8) is 0 Å². The molecule has 1 aromatic rings. The van der Waals surface area contributed by atoms with Gasteiger partial charge in [0, 0.05) is 0 Å². The number of ether oxygens (including phenoxy) is 1. The highest BCUT2D eigenvalue weighted by atomic mass is 16.5. The van der Waals surface area contributed by atoms with E-state index in [2.05, 4.69) is 6.08 Å². The third-order valence-corrected chi connectivity index (χ3v) is 2.64. The summed E-state index contributed by atoms with van der Waals surface area (Å²) in [5.74, 6) is -0.159. The average Bonchev–Trinajstić information content (AvgIpc) is 2.35. The second-order valence-corrected chi connectivity index (χ2v) is 4.99. The number of quaternary nitrogens is 1. The number of allylic oxidation sites excluding steroid dienone is 1. The molecule has 3 nitrogen and oxygen atoms in total. The van der Waals surface area contributed by atoms with Crippen molar-refractivity contribution in [2.75, 3.05) is 27.2 Å². The Bertz CT molecular complexity index is 396. The third-order valence-electron chi connectivity index (χ3n) is 2.64. The van der Waals surface area contributed by atoms with Gasteiger partial charge in [-0.1, -0.05) is 36.4 Å². The lowest BCUT2D eigenvalue weighted by Crippen LogP contribution is -2.44. The first kappa shape index (κ1) is 14.5. The van der Waals surface area contributed by atoms with Crippen LogP contribution in [0.2, 0.25) is 0 Å². The topological polar surface area (TPSA) is 26.3 Å². The Hall–Kier alpha value is -1.61. The van der Waals surface area contributed by atoms with Gasteiger partial charge in [0.15, 0.2) is 6.54 Å². The van der Waals surface area contributed by atoms with Crippen LogP contribution < -0.4 is 0 Å². The van der Waals surface area contributed by atoms with Crippen LogP contribution in [0.15, 0.2) is 42.5 Å². The number of hydrogen-bond acceptors (Lipinski definition) is 2. The molecule has 0 radical (unpaired) electrons.